The van der Waals surface area contributed by atoms with Crippen molar-refractivity contribution in [3.8, 4) is 5.75 Å². The van der Waals surface area contributed by atoms with E-state index in [9.17, 15) is 13.2 Å². The molecule has 0 spiro atoms. The van der Waals surface area contributed by atoms with Gasteiger partial charge in [0.15, 0.2) is 0 Å². The highest BCUT2D eigenvalue weighted by Crippen LogP contribution is 2.39. The van der Waals surface area contributed by atoms with E-state index in [0.717, 1.165) is 24.4 Å². The Morgan fingerprint density at radius 3 is 2.52 bits per heavy atom. The zero-order valence-electron chi connectivity index (χ0n) is 16.0. The zero-order chi connectivity index (χ0) is 20.9. The summed E-state index contributed by atoms with van der Waals surface area (Å²) in [7, 11) is 1.71. The molecule has 3 aromatic rings. The van der Waals surface area contributed by atoms with Crippen molar-refractivity contribution in [2.24, 2.45) is 0 Å². The van der Waals surface area contributed by atoms with Gasteiger partial charge in [-0.15, -0.1) is 0 Å². The Kier molecular flexibility index (Phi) is 6.64. The quantitative estimate of drug-likeness (QED) is 0.426. The Balaban J connectivity index is 1.94. The van der Waals surface area contributed by atoms with Crippen LogP contribution in [0.1, 0.15) is 18.9 Å². The Morgan fingerprint density at radius 1 is 1.07 bits per heavy atom. The van der Waals surface area contributed by atoms with E-state index in [1.54, 1.807) is 42.3 Å². The monoisotopic (exact) mass is 419 g/mol. The summed E-state index contributed by atoms with van der Waals surface area (Å²) in [5, 5.41) is -0.140. The summed E-state index contributed by atoms with van der Waals surface area (Å²) in [6.45, 7) is 2.60. The van der Waals surface area contributed by atoms with Crippen LogP contribution in [-0.4, -0.2) is 23.6 Å². The normalized spacial score (nSPS) is 11.3. The minimum Gasteiger partial charge on any atom is -0.494 e. The van der Waals surface area contributed by atoms with Crippen LogP contribution in [0.2, 0.25) is 0 Å². The molecule has 0 unspecified atom stereocenters. The molecule has 0 saturated heterocycles. The first-order valence-electron chi connectivity index (χ1n) is 9.02. The number of rotatable bonds is 7. The fourth-order valence-electron chi connectivity index (χ4n) is 2.51. The average molecular weight is 419 g/mol. The number of hydrogen-bond acceptors (Lipinski definition) is 5. The largest absolute Gasteiger partial charge is 0.494 e. The van der Waals surface area contributed by atoms with Crippen LogP contribution in [0.4, 0.5) is 24.8 Å². The third-order valence-corrected chi connectivity index (χ3v) is 4.99. The van der Waals surface area contributed by atoms with Gasteiger partial charge in [-0.1, -0.05) is 43.0 Å². The lowest BCUT2D eigenvalue weighted by atomic mass is 10.3. The molecule has 0 aliphatic heterocycles. The van der Waals surface area contributed by atoms with Gasteiger partial charge in [0, 0.05) is 29.9 Å². The van der Waals surface area contributed by atoms with Gasteiger partial charge in [0.1, 0.15) is 16.3 Å². The molecular formula is C21H20F3N3OS. The van der Waals surface area contributed by atoms with E-state index in [2.05, 4.69) is 9.97 Å². The van der Waals surface area contributed by atoms with Crippen molar-refractivity contribution in [1.82, 2.24) is 9.97 Å². The van der Waals surface area contributed by atoms with Crippen molar-refractivity contribution < 1.29 is 17.9 Å². The van der Waals surface area contributed by atoms with Crippen LogP contribution in [0, 0.1) is 0 Å². The first kappa shape index (κ1) is 21.0. The smallest absolute Gasteiger partial charge is 0.420 e. The van der Waals surface area contributed by atoms with Gasteiger partial charge in [-0.05, 0) is 30.7 Å². The zero-order valence-corrected chi connectivity index (χ0v) is 16.8. The fourth-order valence-corrected chi connectivity index (χ4v) is 3.43. The molecule has 0 N–H and O–H groups in total. The Hall–Kier alpha value is -2.74. The van der Waals surface area contributed by atoms with Crippen molar-refractivity contribution in [1.29, 1.82) is 0 Å². The fraction of sp³-hybridized carbons (Fsp3) is 0.238. The molecule has 2 aromatic carbocycles. The minimum atomic E-state index is -4.54. The molecule has 0 bridgehead atoms. The molecule has 29 heavy (non-hydrogen) atoms. The molecule has 8 heteroatoms. The van der Waals surface area contributed by atoms with Crippen LogP contribution >= 0.6 is 11.8 Å². The van der Waals surface area contributed by atoms with E-state index in [1.165, 1.54) is 0 Å². The number of aromatic nitrogens is 2. The minimum absolute atomic E-state index is 0.140. The van der Waals surface area contributed by atoms with E-state index >= 15 is 0 Å². The van der Waals surface area contributed by atoms with Gasteiger partial charge in [-0.3, -0.25) is 0 Å². The molecule has 1 aromatic heterocycles. The van der Waals surface area contributed by atoms with Crippen LogP contribution in [0.15, 0.2) is 70.7 Å². The Morgan fingerprint density at radius 2 is 1.83 bits per heavy atom. The van der Waals surface area contributed by atoms with Crippen LogP contribution in [0.5, 0.6) is 5.75 Å². The summed E-state index contributed by atoms with van der Waals surface area (Å²) >= 11 is 0.960. The van der Waals surface area contributed by atoms with Gasteiger partial charge in [0.25, 0.3) is 0 Å². The molecule has 4 nitrogen and oxygen atoms in total. The Bertz CT molecular complexity index is 951. The maximum atomic E-state index is 13.5. The molecule has 152 valence electrons. The van der Waals surface area contributed by atoms with Crippen molar-refractivity contribution in [2.75, 3.05) is 18.6 Å². The Labute approximate surface area is 171 Å². The highest BCUT2D eigenvalue weighted by Gasteiger charge is 2.35. The number of ether oxygens (including phenoxy) is 1. The average Bonchev–Trinajstić information content (AvgIpc) is 2.72. The lowest BCUT2D eigenvalue weighted by molar-refractivity contribution is -0.140. The molecule has 0 saturated carbocycles. The van der Waals surface area contributed by atoms with Gasteiger partial charge in [-0.2, -0.15) is 13.2 Å². The summed E-state index contributed by atoms with van der Waals surface area (Å²) < 4.78 is 46.0. The van der Waals surface area contributed by atoms with Crippen LogP contribution < -0.4 is 9.64 Å². The molecule has 0 amide bonds. The third kappa shape index (κ3) is 5.41. The molecule has 3 rings (SSSR count). The first-order valence-corrected chi connectivity index (χ1v) is 9.84. The lowest BCUT2D eigenvalue weighted by Crippen LogP contribution is -2.16. The number of halogens is 3. The molecule has 0 radical (unpaired) electrons. The molecule has 0 aliphatic rings. The van der Waals surface area contributed by atoms with Crippen molar-refractivity contribution in [3.63, 3.8) is 0 Å². The summed E-state index contributed by atoms with van der Waals surface area (Å²) in [5.41, 5.74) is -0.141. The summed E-state index contributed by atoms with van der Waals surface area (Å²) in [4.78, 5) is 10.5. The van der Waals surface area contributed by atoms with E-state index in [-0.39, 0.29) is 11.0 Å². The topological polar surface area (TPSA) is 38.2 Å². The lowest BCUT2D eigenvalue weighted by Gasteiger charge is -2.20. The summed E-state index contributed by atoms with van der Waals surface area (Å²) in [5.74, 6) is 0.853. The van der Waals surface area contributed by atoms with E-state index in [4.69, 9.17) is 4.74 Å². The highest BCUT2D eigenvalue weighted by atomic mass is 32.2. The van der Waals surface area contributed by atoms with Crippen LogP contribution in [0.25, 0.3) is 0 Å². The maximum absolute atomic E-state index is 13.5. The number of nitrogens with zero attached hydrogens (tertiary/aromatic N) is 3. The number of alkyl halides is 3. The molecule has 0 aliphatic carbocycles. The van der Waals surface area contributed by atoms with E-state index < -0.39 is 11.7 Å². The third-order valence-electron chi connectivity index (χ3n) is 3.98. The molecule has 0 atom stereocenters. The number of benzene rings is 2. The van der Waals surface area contributed by atoms with Crippen LogP contribution in [-0.2, 0) is 6.18 Å². The summed E-state index contributed by atoms with van der Waals surface area (Å²) in [6.07, 6.45) is -2.83. The van der Waals surface area contributed by atoms with Gasteiger partial charge in [0.2, 0.25) is 5.95 Å². The van der Waals surface area contributed by atoms with Crippen molar-refractivity contribution in [2.45, 2.75) is 29.4 Å². The van der Waals surface area contributed by atoms with Crippen molar-refractivity contribution in [3.05, 3.63) is 66.4 Å². The first-order chi connectivity index (χ1) is 13.9. The molecule has 0 fully saturated rings. The predicted octanol–water partition coefficient (Wildman–Crippen LogP) is 6.20. The number of hydrogen-bond donors (Lipinski definition) is 0. The van der Waals surface area contributed by atoms with Crippen LogP contribution in [0.3, 0.4) is 0 Å². The second kappa shape index (κ2) is 9.17. The van der Waals surface area contributed by atoms with Gasteiger partial charge < -0.3 is 9.64 Å². The number of anilines is 2. The highest BCUT2D eigenvalue weighted by molar-refractivity contribution is 7.99. The second-order valence-corrected chi connectivity index (χ2v) is 7.27. The van der Waals surface area contributed by atoms with Gasteiger partial charge >= 0.3 is 6.18 Å². The molecular weight excluding hydrogens is 399 g/mol. The standard InChI is InChI=1S/C21H20F3N3OS/c1-3-12-28-16-9-7-8-15(13-16)27(2)20-25-14-18(21(22,23)24)19(26-20)29-17-10-5-4-6-11-17/h4-11,13-14H,3,12H2,1-2H3. The SMILES string of the molecule is CCCOc1cccc(N(C)c2ncc(C(F)(F)F)c(Sc3ccccc3)n2)c1. The van der Waals surface area contributed by atoms with E-state index in [1.807, 2.05) is 31.2 Å². The van der Waals surface area contributed by atoms with Gasteiger partial charge in [0.05, 0.1) is 6.61 Å². The maximum Gasteiger partial charge on any atom is 0.420 e. The van der Waals surface area contributed by atoms with Gasteiger partial charge in [-0.25, -0.2) is 9.97 Å². The second-order valence-electron chi connectivity index (χ2n) is 6.21. The van der Waals surface area contributed by atoms with E-state index in [0.29, 0.717) is 22.9 Å². The predicted molar refractivity (Wildman–Crippen MR) is 108 cm³/mol. The summed E-state index contributed by atoms with van der Waals surface area (Å²) in [6, 6.07) is 16.1. The molecule has 1 heterocycles. The van der Waals surface area contributed by atoms with Crippen molar-refractivity contribution >= 4 is 23.4 Å².